The topological polar surface area (TPSA) is 49.3 Å². The summed E-state index contributed by atoms with van der Waals surface area (Å²) < 4.78 is 0. The highest BCUT2D eigenvalue weighted by Gasteiger charge is 2.28. The third-order valence-corrected chi connectivity index (χ3v) is 5.06. The van der Waals surface area contributed by atoms with Crippen LogP contribution in [-0.2, 0) is 4.79 Å². The number of nitrogens with zero attached hydrogens (tertiary/aromatic N) is 4. The van der Waals surface area contributed by atoms with Gasteiger partial charge in [-0.1, -0.05) is 36.4 Å². The van der Waals surface area contributed by atoms with E-state index in [4.69, 9.17) is 0 Å². The highest BCUT2D eigenvalue weighted by atomic mass is 16.2. The van der Waals surface area contributed by atoms with Gasteiger partial charge in [-0.15, -0.1) is 5.10 Å². The largest absolute Gasteiger partial charge is 0.351 e. The van der Waals surface area contributed by atoms with Crippen molar-refractivity contribution in [3.8, 4) is 0 Å². The van der Waals surface area contributed by atoms with Crippen LogP contribution in [0.1, 0.15) is 19.3 Å². The smallest absolute Gasteiger partial charge is 0.226 e. The minimum absolute atomic E-state index is 0.180. The first-order valence-corrected chi connectivity index (χ1v) is 8.72. The molecule has 2 aromatic rings. The van der Waals surface area contributed by atoms with E-state index in [1.165, 1.54) is 0 Å². The Balaban J connectivity index is 1.46. The molecule has 124 valence electrons. The Bertz CT molecular complexity index is 760. The van der Waals surface area contributed by atoms with E-state index < -0.39 is 0 Å². The molecule has 1 aliphatic carbocycles. The van der Waals surface area contributed by atoms with Gasteiger partial charge in [0.25, 0.3) is 0 Å². The molecule has 1 fully saturated rings. The molecule has 1 unspecified atom stereocenters. The monoisotopic (exact) mass is 322 g/mol. The zero-order valence-electron chi connectivity index (χ0n) is 13.8. The number of amides is 1. The maximum Gasteiger partial charge on any atom is 0.226 e. The predicted octanol–water partition coefficient (Wildman–Crippen LogP) is 2.63. The second-order valence-electron chi connectivity index (χ2n) is 6.55. The molecule has 2 heterocycles. The highest BCUT2D eigenvalue weighted by Crippen LogP contribution is 2.25. The number of carbonyl (C=O) groups excluding carboxylic acids is 1. The number of allylic oxidation sites excluding steroid dienone is 2. The van der Waals surface area contributed by atoms with Crippen LogP contribution in [0, 0.1) is 5.92 Å². The van der Waals surface area contributed by atoms with E-state index in [0.29, 0.717) is 5.91 Å². The first kappa shape index (κ1) is 15.1. The minimum atomic E-state index is 0.180. The fraction of sp³-hybridized carbons (Fsp3) is 0.421. The molecule has 0 saturated carbocycles. The van der Waals surface area contributed by atoms with Crippen molar-refractivity contribution < 1.29 is 4.79 Å². The van der Waals surface area contributed by atoms with Crippen molar-refractivity contribution >= 4 is 22.5 Å². The molecule has 1 atom stereocenters. The van der Waals surface area contributed by atoms with Crippen LogP contribution >= 0.6 is 0 Å². The van der Waals surface area contributed by atoms with E-state index in [1.807, 2.05) is 17.0 Å². The number of benzene rings is 1. The van der Waals surface area contributed by atoms with Gasteiger partial charge in [0.05, 0.1) is 6.20 Å². The SMILES string of the molecule is O=C(C1CC=CCC1)N1CCN(c2nncc3ccccc23)CC1. The summed E-state index contributed by atoms with van der Waals surface area (Å²) in [5.41, 5.74) is 0. The van der Waals surface area contributed by atoms with Crippen molar-refractivity contribution in [2.45, 2.75) is 19.3 Å². The maximum absolute atomic E-state index is 12.7. The predicted molar refractivity (Wildman–Crippen MR) is 94.8 cm³/mol. The Kier molecular flexibility index (Phi) is 4.15. The van der Waals surface area contributed by atoms with Crippen LogP contribution in [-0.4, -0.2) is 47.2 Å². The third kappa shape index (κ3) is 2.86. The number of piperazine rings is 1. The van der Waals surface area contributed by atoms with E-state index in [9.17, 15) is 4.79 Å². The summed E-state index contributed by atoms with van der Waals surface area (Å²) in [6.45, 7) is 3.17. The normalized spacial score (nSPS) is 21.2. The Labute approximate surface area is 142 Å². The molecule has 4 rings (SSSR count). The Morgan fingerprint density at radius 1 is 1.08 bits per heavy atom. The summed E-state index contributed by atoms with van der Waals surface area (Å²) in [4.78, 5) is 16.9. The van der Waals surface area contributed by atoms with Gasteiger partial charge in [0.2, 0.25) is 5.91 Å². The molecular formula is C19H22N4O. The van der Waals surface area contributed by atoms with E-state index in [0.717, 1.165) is 62.0 Å². The zero-order chi connectivity index (χ0) is 16.4. The van der Waals surface area contributed by atoms with E-state index in [-0.39, 0.29) is 5.92 Å². The lowest BCUT2D eigenvalue weighted by atomic mass is 9.93. The molecule has 1 aromatic heterocycles. The van der Waals surface area contributed by atoms with Crippen molar-refractivity contribution in [3.63, 3.8) is 0 Å². The molecule has 1 saturated heterocycles. The number of carbonyl (C=O) groups is 1. The maximum atomic E-state index is 12.7. The molecule has 2 aliphatic rings. The van der Waals surface area contributed by atoms with Gasteiger partial charge in [-0.25, -0.2) is 0 Å². The van der Waals surface area contributed by atoms with E-state index in [2.05, 4.69) is 39.4 Å². The van der Waals surface area contributed by atoms with Crippen LogP contribution in [0.25, 0.3) is 10.8 Å². The summed E-state index contributed by atoms with van der Waals surface area (Å²) in [5.74, 6) is 1.43. The zero-order valence-corrected chi connectivity index (χ0v) is 13.8. The lowest BCUT2D eigenvalue weighted by Crippen LogP contribution is -2.50. The average Bonchev–Trinajstić information content (AvgIpc) is 2.68. The highest BCUT2D eigenvalue weighted by molar-refractivity contribution is 5.91. The second kappa shape index (κ2) is 6.59. The molecule has 0 N–H and O–H groups in total. The molecule has 0 bridgehead atoms. The fourth-order valence-electron chi connectivity index (χ4n) is 3.66. The summed E-state index contributed by atoms with van der Waals surface area (Å²) in [7, 11) is 0. The molecule has 1 aliphatic heterocycles. The van der Waals surface area contributed by atoms with Gasteiger partial charge in [0.1, 0.15) is 0 Å². The summed E-state index contributed by atoms with van der Waals surface area (Å²) in [6, 6.07) is 8.20. The first-order chi connectivity index (χ1) is 11.8. The second-order valence-corrected chi connectivity index (χ2v) is 6.55. The molecule has 5 nitrogen and oxygen atoms in total. The lowest BCUT2D eigenvalue weighted by Gasteiger charge is -2.37. The van der Waals surface area contributed by atoms with Crippen LogP contribution in [0.5, 0.6) is 0 Å². The molecular weight excluding hydrogens is 300 g/mol. The van der Waals surface area contributed by atoms with Crippen LogP contribution in [0.3, 0.4) is 0 Å². The minimum Gasteiger partial charge on any atom is -0.351 e. The van der Waals surface area contributed by atoms with Crippen molar-refractivity contribution in [1.29, 1.82) is 0 Å². The van der Waals surface area contributed by atoms with Crippen molar-refractivity contribution in [2.75, 3.05) is 31.1 Å². The molecule has 0 spiro atoms. The number of anilines is 1. The first-order valence-electron chi connectivity index (χ1n) is 8.72. The summed E-state index contributed by atoms with van der Waals surface area (Å²) in [5, 5.41) is 10.7. The molecule has 1 amide bonds. The van der Waals surface area contributed by atoms with Gasteiger partial charge in [-0.3, -0.25) is 4.79 Å². The van der Waals surface area contributed by atoms with Gasteiger partial charge in [0, 0.05) is 42.9 Å². The number of rotatable bonds is 2. The van der Waals surface area contributed by atoms with Crippen molar-refractivity contribution in [3.05, 3.63) is 42.6 Å². The summed E-state index contributed by atoms with van der Waals surface area (Å²) in [6.07, 6.45) is 9.05. The quantitative estimate of drug-likeness (QED) is 0.798. The molecule has 1 aromatic carbocycles. The van der Waals surface area contributed by atoms with Crippen LogP contribution in [0.15, 0.2) is 42.6 Å². The van der Waals surface area contributed by atoms with Crippen molar-refractivity contribution in [2.24, 2.45) is 5.92 Å². The molecule has 5 heteroatoms. The third-order valence-electron chi connectivity index (χ3n) is 5.06. The molecule has 24 heavy (non-hydrogen) atoms. The lowest BCUT2D eigenvalue weighted by molar-refractivity contribution is -0.136. The Morgan fingerprint density at radius 2 is 1.92 bits per heavy atom. The van der Waals surface area contributed by atoms with E-state index in [1.54, 1.807) is 6.20 Å². The average molecular weight is 322 g/mol. The van der Waals surface area contributed by atoms with Crippen LogP contribution in [0.4, 0.5) is 5.82 Å². The standard InChI is InChI=1S/C19H22N4O/c24-19(15-6-2-1-3-7-15)23-12-10-22(11-13-23)18-17-9-5-4-8-16(17)14-20-21-18/h1-2,4-5,8-9,14-15H,3,6-7,10-13H2. The van der Waals surface area contributed by atoms with Gasteiger partial charge in [-0.05, 0) is 19.3 Å². The van der Waals surface area contributed by atoms with Crippen LogP contribution < -0.4 is 4.90 Å². The van der Waals surface area contributed by atoms with Gasteiger partial charge < -0.3 is 9.80 Å². The number of hydrogen-bond acceptors (Lipinski definition) is 4. The van der Waals surface area contributed by atoms with Gasteiger partial charge in [-0.2, -0.15) is 5.10 Å². The Morgan fingerprint density at radius 3 is 2.71 bits per heavy atom. The van der Waals surface area contributed by atoms with Crippen molar-refractivity contribution in [1.82, 2.24) is 15.1 Å². The fourth-order valence-corrected chi connectivity index (χ4v) is 3.66. The van der Waals surface area contributed by atoms with Gasteiger partial charge in [0.15, 0.2) is 5.82 Å². The number of fused-ring (bicyclic) bond motifs is 1. The molecule has 0 radical (unpaired) electrons. The van der Waals surface area contributed by atoms with Gasteiger partial charge >= 0.3 is 0 Å². The van der Waals surface area contributed by atoms with E-state index >= 15 is 0 Å². The number of hydrogen-bond donors (Lipinski definition) is 0. The summed E-state index contributed by atoms with van der Waals surface area (Å²) >= 11 is 0. The van der Waals surface area contributed by atoms with Crippen LogP contribution in [0.2, 0.25) is 0 Å². The Hall–Kier alpha value is -2.43. The number of aromatic nitrogens is 2.